The molecule has 0 unspecified atom stereocenters. The van der Waals surface area contributed by atoms with E-state index in [1.165, 1.54) is 34.6 Å². The van der Waals surface area contributed by atoms with E-state index in [0.717, 1.165) is 31.4 Å². The molecule has 0 bridgehead atoms. The molecule has 2 aromatic carbocycles. The lowest BCUT2D eigenvalue weighted by atomic mass is 9.68. The molecule has 2 aliphatic carbocycles. The third-order valence-corrected chi connectivity index (χ3v) is 5.44. The van der Waals surface area contributed by atoms with Crippen LogP contribution < -0.4 is 4.74 Å². The molecule has 0 heterocycles. The van der Waals surface area contributed by atoms with Crippen LogP contribution in [0.25, 0.3) is 16.3 Å². The molecule has 0 saturated heterocycles. The van der Waals surface area contributed by atoms with Crippen LogP contribution >= 0.6 is 0 Å². The van der Waals surface area contributed by atoms with Gasteiger partial charge >= 0.3 is 5.97 Å². The maximum Gasteiger partial charge on any atom is 0.316 e. The van der Waals surface area contributed by atoms with E-state index >= 15 is 0 Å². The Balaban J connectivity index is 1.90. The normalized spacial score (nSPS) is 22.3. The van der Waals surface area contributed by atoms with Crippen LogP contribution in [0.5, 0.6) is 5.75 Å². The number of hydrogen-bond donors (Lipinski definition) is 0. The second-order valence-corrected chi connectivity index (χ2v) is 6.41. The molecule has 0 aromatic heterocycles. The predicted octanol–water partition coefficient (Wildman–Crippen LogP) is 4.13. The smallest absolute Gasteiger partial charge is 0.316 e. The molecule has 0 N–H and O–H groups in total. The molecule has 2 aromatic rings. The molecule has 3 heteroatoms. The molecule has 0 fully saturated rings. The zero-order chi connectivity index (χ0) is 16.0. The average molecular weight is 308 g/mol. The van der Waals surface area contributed by atoms with Gasteiger partial charge in [-0.15, -0.1) is 0 Å². The molecular formula is C20H20O3. The molecule has 2 aliphatic rings. The van der Waals surface area contributed by atoms with E-state index in [4.69, 9.17) is 9.47 Å². The summed E-state index contributed by atoms with van der Waals surface area (Å²) in [6, 6.07) is 10.5. The molecule has 0 radical (unpaired) electrons. The maximum atomic E-state index is 12.4. The van der Waals surface area contributed by atoms with Crippen LogP contribution in [-0.4, -0.2) is 20.2 Å². The summed E-state index contributed by atoms with van der Waals surface area (Å²) in [6.07, 6.45) is 5.79. The van der Waals surface area contributed by atoms with Gasteiger partial charge in [-0.3, -0.25) is 4.79 Å². The number of methoxy groups -OCH3 is 2. The third-order valence-electron chi connectivity index (χ3n) is 5.44. The maximum absolute atomic E-state index is 12.4. The SMILES string of the molecule is COC(=O)[C@@]12CCC=C1c1ccc3cc(OC)ccc3c1CC2. The lowest BCUT2D eigenvalue weighted by molar-refractivity contribution is -0.149. The van der Waals surface area contributed by atoms with Crippen molar-refractivity contribution in [3.05, 3.63) is 47.5 Å². The molecule has 0 aliphatic heterocycles. The standard InChI is InChI=1S/C20H20O3/c1-22-14-6-8-15-13(12-14)5-7-17-16(15)9-11-20(19(21)23-2)10-3-4-18(17)20/h4-8,12H,3,9-11H2,1-2H3/t20-/m1/s1. The number of rotatable bonds is 2. The van der Waals surface area contributed by atoms with Gasteiger partial charge in [0, 0.05) is 0 Å². The highest BCUT2D eigenvalue weighted by Crippen LogP contribution is 2.53. The summed E-state index contributed by atoms with van der Waals surface area (Å²) in [5, 5.41) is 2.45. The summed E-state index contributed by atoms with van der Waals surface area (Å²) in [4.78, 5) is 12.4. The fraction of sp³-hybridized carbons (Fsp3) is 0.350. The van der Waals surface area contributed by atoms with Gasteiger partial charge < -0.3 is 9.47 Å². The van der Waals surface area contributed by atoms with E-state index in [1.807, 2.05) is 6.07 Å². The van der Waals surface area contributed by atoms with E-state index in [2.05, 4.69) is 30.3 Å². The average Bonchev–Trinajstić information content (AvgIpc) is 3.05. The Morgan fingerprint density at radius 1 is 1.13 bits per heavy atom. The minimum atomic E-state index is -0.429. The highest BCUT2D eigenvalue weighted by Gasteiger charge is 2.48. The first kappa shape index (κ1) is 14.3. The van der Waals surface area contributed by atoms with Crippen molar-refractivity contribution in [2.75, 3.05) is 14.2 Å². The molecule has 0 saturated carbocycles. The minimum Gasteiger partial charge on any atom is -0.497 e. The van der Waals surface area contributed by atoms with Crippen LogP contribution in [0.4, 0.5) is 0 Å². The topological polar surface area (TPSA) is 35.5 Å². The molecule has 0 amide bonds. The number of esters is 1. The Kier molecular flexibility index (Phi) is 3.19. The highest BCUT2D eigenvalue weighted by atomic mass is 16.5. The van der Waals surface area contributed by atoms with E-state index in [9.17, 15) is 4.79 Å². The molecule has 118 valence electrons. The Morgan fingerprint density at radius 3 is 2.78 bits per heavy atom. The summed E-state index contributed by atoms with van der Waals surface area (Å²) >= 11 is 0. The molecule has 0 spiro atoms. The highest BCUT2D eigenvalue weighted by molar-refractivity contribution is 6.00. The second kappa shape index (κ2) is 5.12. The first-order valence-corrected chi connectivity index (χ1v) is 8.09. The van der Waals surface area contributed by atoms with Crippen molar-refractivity contribution in [2.24, 2.45) is 5.41 Å². The number of ether oxygens (including phenoxy) is 2. The molecule has 4 rings (SSSR count). The Morgan fingerprint density at radius 2 is 2.00 bits per heavy atom. The van der Waals surface area contributed by atoms with Gasteiger partial charge in [0.05, 0.1) is 19.6 Å². The predicted molar refractivity (Wildman–Crippen MR) is 90.5 cm³/mol. The van der Waals surface area contributed by atoms with Crippen molar-refractivity contribution in [1.29, 1.82) is 0 Å². The largest absolute Gasteiger partial charge is 0.497 e. The minimum absolute atomic E-state index is 0.0817. The number of allylic oxidation sites excluding steroid dienone is 1. The summed E-state index contributed by atoms with van der Waals surface area (Å²) < 4.78 is 10.5. The summed E-state index contributed by atoms with van der Waals surface area (Å²) in [5.41, 5.74) is 3.31. The van der Waals surface area contributed by atoms with Crippen molar-refractivity contribution in [2.45, 2.75) is 25.7 Å². The van der Waals surface area contributed by atoms with E-state index in [0.29, 0.717) is 0 Å². The fourth-order valence-electron chi connectivity index (χ4n) is 4.29. The Hall–Kier alpha value is -2.29. The molecule has 23 heavy (non-hydrogen) atoms. The molecule has 1 atom stereocenters. The van der Waals surface area contributed by atoms with Gasteiger partial charge in [0.1, 0.15) is 5.75 Å². The summed E-state index contributed by atoms with van der Waals surface area (Å²) in [5.74, 6) is 0.791. The van der Waals surface area contributed by atoms with Crippen molar-refractivity contribution in [3.8, 4) is 5.75 Å². The van der Waals surface area contributed by atoms with E-state index in [1.54, 1.807) is 7.11 Å². The molecular weight excluding hydrogens is 288 g/mol. The summed E-state index contributed by atoms with van der Waals surface area (Å²) in [7, 11) is 3.18. The zero-order valence-electron chi connectivity index (χ0n) is 13.5. The number of carbonyl (C=O) groups excluding carboxylic acids is 1. The lowest BCUT2D eigenvalue weighted by Crippen LogP contribution is -2.35. The van der Waals surface area contributed by atoms with Crippen LogP contribution in [0.15, 0.2) is 36.4 Å². The Labute approximate surface area is 135 Å². The van der Waals surface area contributed by atoms with Gasteiger partial charge in [-0.1, -0.05) is 24.3 Å². The van der Waals surface area contributed by atoms with Gasteiger partial charge in [0.15, 0.2) is 0 Å². The third kappa shape index (κ3) is 1.92. The number of hydrogen-bond acceptors (Lipinski definition) is 3. The fourth-order valence-corrected chi connectivity index (χ4v) is 4.29. The number of benzene rings is 2. The second-order valence-electron chi connectivity index (χ2n) is 6.41. The number of carbonyl (C=O) groups is 1. The van der Waals surface area contributed by atoms with Crippen LogP contribution in [0.1, 0.15) is 30.4 Å². The number of aryl methyl sites for hydroxylation is 1. The van der Waals surface area contributed by atoms with Crippen LogP contribution in [0.2, 0.25) is 0 Å². The van der Waals surface area contributed by atoms with E-state index < -0.39 is 5.41 Å². The Bertz CT molecular complexity index is 834. The van der Waals surface area contributed by atoms with Crippen molar-refractivity contribution in [3.63, 3.8) is 0 Å². The lowest BCUT2D eigenvalue weighted by Gasteiger charge is -2.35. The first-order valence-electron chi connectivity index (χ1n) is 8.09. The number of fused-ring (bicyclic) bond motifs is 5. The summed E-state index contributed by atoms with van der Waals surface area (Å²) in [6.45, 7) is 0. The van der Waals surface area contributed by atoms with Crippen molar-refractivity contribution < 1.29 is 14.3 Å². The monoisotopic (exact) mass is 308 g/mol. The van der Waals surface area contributed by atoms with Gasteiger partial charge in [0.25, 0.3) is 0 Å². The zero-order valence-corrected chi connectivity index (χ0v) is 13.5. The quantitative estimate of drug-likeness (QED) is 0.783. The first-order chi connectivity index (χ1) is 11.2. The molecule has 3 nitrogen and oxygen atoms in total. The van der Waals surface area contributed by atoms with Crippen LogP contribution in [0.3, 0.4) is 0 Å². The van der Waals surface area contributed by atoms with Crippen molar-refractivity contribution in [1.82, 2.24) is 0 Å². The van der Waals surface area contributed by atoms with Crippen LogP contribution in [-0.2, 0) is 16.0 Å². The van der Waals surface area contributed by atoms with Gasteiger partial charge in [-0.2, -0.15) is 0 Å². The van der Waals surface area contributed by atoms with Gasteiger partial charge in [0.2, 0.25) is 0 Å². The van der Waals surface area contributed by atoms with Crippen molar-refractivity contribution >= 4 is 22.3 Å². The van der Waals surface area contributed by atoms with Crippen LogP contribution in [0, 0.1) is 5.41 Å². The van der Waals surface area contributed by atoms with Gasteiger partial charge in [-0.25, -0.2) is 0 Å². The van der Waals surface area contributed by atoms with E-state index in [-0.39, 0.29) is 5.97 Å². The van der Waals surface area contributed by atoms with Gasteiger partial charge in [-0.05, 0) is 65.3 Å².